The van der Waals surface area contributed by atoms with Crippen LogP contribution in [0.15, 0.2) is 91.0 Å². The van der Waals surface area contributed by atoms with Gasteiger partial charge in [-0.25, -0.2) is 4.79 Å². The summed E-state index contributed by atoms with van der Waals surface area (Å²) in [4.78, 5) is 39.3. The number of benzene rings is 4. The first-order chi connectivity index (χ1) is 19.0. The molecule has 2 aliphatic carbocycles. The molecule has 0 bridgehead atoms. The molecule has 4 aromatic carbocycles. The maximum Gasteiger partial charge on any atom is 0.338 e. The molecule has 0 N–H and O–H groups in total. The maximum absolute atomic E-state index is 13.2. The molecule has 2 aliphatic rings. The second-order valence-electron chi connectivity index (χ2n) is 9.95. The van der Waals surface area contributed by atoms with E-state index >= 15 is 0 Å². The first-order valence-electron chi connectivity index (χ1n) is 13.4. The number of hydrogen-bond acceptors (Lipinski definition) is 5. The van der Waals surface area contributed by atoms with Gasteiger partial charge in [-0.05, 0) is 66.6 Å². The molecule has 0 spiro atoms. The van der Waals surface area contributed by atoms with Crippen LogP contribution in [0.5, 0.6) is 0 Å². The highest BCUT2D eigenvalue weighted by molar-refractivity contribution is 6.28. The molecule has 194 valence electrons. The molecule has 0 saturated heterocycles. The number of aryl methyl sites for hydroxylation is 1. The Kier molecular flexibility index (Phi) is 6.67. The average Bonchev–Trinajstić information content (AvgIpc) is 2.98. The molecule has 2 unspecified atom stereocenters. The van der Waals surface area contributed by atoms with E-state index in [-0.39, 0.29) is 34.9 Å². The highest BCUT2D eigenvalue weighted by atomic mass is 16.5. The standard InChI is InChI=1S/C34H28O5/c1-2-38-33(21-9-4-3-5-10-21)23-15-17-25-22(19-23)11-8-14-30(25)39-34(37)24-16-18-28-29(20-24)32(36)27-13-7-6-12-26(27)31(28)35/h3-7,9-10,12-13,15-20,30,33H,2,8,11,14H2,1H3. The first kappa shape index (κ1) is 25.0. The molecule has 0 amide bonds. The molecule has 39 heavy (non-hydrogen) atoms. The minimum atomic E-state index is -0.504. The van der Waals surface area contributed by atoms with E-state index in [4.69, 9.17) is 9.47 Å². The summed E-state index contributed by atoms with van der Waals surface area (Å²) >= 11 is 0. The fourth-order valence-corrected chi connectivity index (χ4v) is 5.68. The van der Waals surface area contributed by atoms with Crippen molar-refractivity contribution in [2.45, 2.75) is 38.4 Å². The largest absolute Gasteiger partial charge is 0.454 e. The highest BCUT2D eigenvalue weighted by Crippen LogP contribution is 2.37. The number of hydrogen-bond donors (Lipinski definition) is 0. The van der Waals surface area contributed by atoms with Crippen molar-refractivity contribution in [3.05, 3.63) is 141 Å². The van der Waals surface area contributed by atoms with Gasteiger partial charge in [-0.15, -0.1) is 0 Å². The zero-order chi connectivity index (χ0) is 26.9. The number of ether oxygens (including phenoxy) is 2. The molecule has 2 atom stereocenters. The molecule has 6 rings (SSSR count). The first-order valence-corrected chi connectivity index (χ1v) is 13.4. The molecule has 0 saturated carbocycles. The molecule has 0 heterocycles. The minimum Gasteiger partial charge on any atom is -0.454 e. The van der Waals surface area contributed by atoms with Crippen molar-refractivity contribution in [1.29, 1.82) is 0 Å². The molecular formula is C34H28O5. The third-order valence-electron chi connectivity index (χ3n) is 7.57. The van der Waals surface area contributed by atoms with Crippen LogP contribution in [0.4, 0.5) is 0 Å². The summed E-state index contributed by atoms with van der Waals surface area (Å²) in [6, 6.07) is 27.8. The summed E-state index contributed by atoms with van der Waals surface area (Å²) in [5, 5.41) is 0. The zero-order valence-electron chi connectivity index (χ0n) is 21.7. The van der Waals surface area contributed by atoms with Crippen LogP contribution < -0.4 is 0 Å². The van der Waals surface area contributed by atoms with Gasteiger partial charge < -0.3 is 9.47 Å². The number of ketones is 2. The monoisotopic (exact) mass is 516 g/mol. The Labute approximate surface area is 227 Å². The maximum atomic E-state index is 13.2. The molecule has 0 fully saturated rings. The van der Waals surface area contributed by atoms with Gasteiger partial charge in [0.25, 0.3) is 0 Å². The van der Waals surface area contributed by atoms with Gasteiger partial charge in [0.05, 0.1) is 5.56 Å². The van der Waals surface area contributed by atoms with Crippen molar-refractivity contribution in [2.24, 2.45) is 0 Å². The predicted octanol–water partition coefficient (Wildman–Crippen LogP) is 6.82. The van der Waals surface area contributed by atoms with E-state index in [9.17, 15) is 14.4 Å². The SMILES string of the molecule is CCOC(c1ccccc1)c1ccc2c(c1)CCCC2OC(=O)c1ccc2c(c1)C(=O)c1ccccc1C2=O. The van der Waals surface area contributed by atoms with Crippen LogP contribution in [0.25, 0.3) is 0 Å². The van der Waals surface area contributed by atoms with E-state index in [0.29, 0.717) is 23.3 Å². The van der Waals surface area contributed by atoms with Crippen molar-refractivity contribution >= 4 is 17.5 Å². The molecular weight excluding hydrogens is 488 g/mol. The Bertz CT molecular complexity index is 1590. The van der Waals surface area contributed by atoms with Gasteiger partial charge in [-0.1, -0.05) is 72.8 Å². The van der Waals surface area contributed by atoms with Gasteiger partial charge in [0.15, 0.2) is 11.6 Å². The van der Waals surface area contributed by atoms with Crippen molar-refractivity contribution in [1.82, 2.24) is 0 Å². The average molecular weight is 517 g/mol. The normalized spacial score (nSPS) is 16.6. The number of rotatable bonds is 6. The van der Waals surface area contributed by atoms with E-state index in [2.05, 4.69) is 24.3 Å². The van der Waals surface area contributed by atoms with Gasteiger partial charge in [0, 0.05) is 28.9 Å². The van der Waals surface area contributed by atoms with Crippen LogP contribution in [-0.2, 0) is 15.9 Å². The predicted molar refractivity (Wildman–Crippen MR) is 147 cm³/mol. The van der Waals surface area contributed by atoms with Crippen molar-refractivity contribution in [2.75, 3.05) is 6.61 Å². The lowest BCUT2D eigenvalue weighted by atomic mass is 9.83. The Morgan fingerprint density at radius 3 is 2.23 bits per heavy atom. The van der Waals surface area contributed by atoms with E-state index in [1.165, 1.54) is 6.07 Å². The van der Waals surface area contributed by atoms with E-state index < -0.39 is 5.97 Å². The van der Waals surface area contributed by atoms with Gasteiger partial charge in [0.2, 0.25) is 0 Å². The van der Waals surface area contributed by atoms with Crippen molar-refractivity contribution in [3.8, 4) is 0 Å². The fraction of sp³-hybridized carbons (Fsp3) is 0.206. The number of esters is 1. The number of fused-ring (bicyclic) bond motifs is 3. The molecule has 0 aromatic heterocycles. The third-order valence-corrected chi connectivity index (χ3v) is 7.57. The molecule has 0 aliphatic heterocycles. The van der Waals surface area contributed by atoms with Gasteiger partial charge >= 0.3 is 5.97 Å². The number of carbonyl (C=O) groups is 3. The lowest BCUT2D eigenvalue weighted by Gasteiger charge is -2.27. The quantitative estimate of drug-likeness (QED) is 0.232. The van der Waals surface area contributed by atoms with Crippen LogP contribution in [0.2, 0.25) is 0 Å². The van der Waals surface area contributed by atoms with Crippen molar-refractivity contribution in [3.63, 3.8) is 0 Å². The highest BCUT2D eigenvalue weighted by Gasteiger charge is 2.31. The Hall–Kier alpha value is -4.35. The van der Waals surface area contributed by atoms with Crippen LogP contribution >= 0.6 is 0 Å². The van der Waals surface area contributed by atoms with Crippen LogP contribution in [-0.4, -0.2) is 24.1 Å². The zero-order valence-corrected chi connectivity index (χ0v) is 21.7. The minimum absolute atomic E-state index is 0.162. The van der Waals surface area contributed by atoms with Crippen LogP contribution in [0, 0.1) is 0 Å². The fourth-order valence-electron chi connectivity index (χ4n) is 5.68. The Morgan fingerprint density at radius 2 is 1.49 bits per heavy atom. The van der Waals surface area contributed by atoms with E-state index in [1.54, 1.807) is 36.4 Å². The van der Waals surface area contributed by atoms with E-state index in [0.717, 1.165) is 41.5 Å². The smallest absolute Gasteiger partial charge is 0.338 e. The third kappa shape index (κ3) is 4.59. The van der Waals surface area contributed by atoms with E-state index in [1.807, 2.05) is 31.2 Å². The van der Waals surface area contributed by atoms with Crippen LogP contribution in [0.3, 0.4) is 0 Å². The van der Waals surface area contributed by atoms with Gasteiger partial charge in [-0.2, -0.15) is 0 Å². The molecule has 4 aromatic rings. The molecule has 0 radical (unpaired) electrons. The lowest BCUT2D eigenvalue weighted by molar-refractivity contribution is 0.0255. The molecule has 5 nitrogen and oxygen atoms in total. The summed E-state index contributed by atoms with van der Waals surface area (Å²) in [6.07, 6.45) is 1.98. The summed E-state index contributed by atoms with van der Waals surface area (Å²) in [5.74, 6) is -0.971. The second-order valence-corrected chi connectivity index (χ2v) is 9.95. The summed E-state index contributed by atoms with van der Waals surface area (Å²) in [7, 11) is 0. The van der Waals surface area contributed by atoms with Crippen molar-refractivity contribution < 1.29 is 23.9 Å². The van der Waals surface area contributed by atoms with Gasteiger partial charge in [0.1, 0.15) is 12.2 Å². The Morgan fingerprint density at radius 1 is 0.795 bits per heavy atom. The summed E-state index contributed by atoms with van der Waals surface area (Å²) in [6.45, 7) is 2.59. The number of carbonyl (C=O) groups excluding carboxylic acids is 3. The summed E-state index contributed by atoms with van der Waals surface area (Å²) in [5.41, 5.74) is 5.89. The topological polar surface area (TPSA) is 69.7 Å². The lowest BCUT2D eigenvalue weighted by Crippen LogP contribution is -2.22. The van der Waals surface area contributed by atoms with Crippen LogP contribution in [0.1, 0.15) is 96.4 Å². The second kappa shape index (κ2) is 10.4. The summed E-state index contributed by atoms with van der Waals surface area (Å²) < 4.78 is 12.1. The molecule has 5 heteroatoms. The van der Waals surface area contributed by atoms with Gasteiger partial charge in [-0.3, -0.25) is 9.59 Å². The Balaban J connectivity index is 1.25.